The van der Waals surface area contributed by atoms with Crippen molar-refractivity contribution in [3.8, 4) is 22.6 Å². The number of anilines is 2. The van der Waals surface area contributed by atoms with Gasteiger partial charge in [0, 0.05) is 55.4 Å². The van der Waals surface area contributed by atoms with Crippen LogP contribution < -0.4 is 14.5 Å². The third-order valence-electron chi connectivity index (χ3n) is 6.75. The zero-order valence-corrected chi connectivity index (χ0v) is 20.0. The Bertz CT molecular complexity index is 1490. The molecule has 180 valence electrons. The van der Waals surface area contributed by atoms with E-state index in [0.29, 0.717) is 0 Å². The maximum Gasteiger partial charge on any atom is 0.150 e. The zero-order valence-electron chi connectivity index (χ0n) is 20.0. The van der Waals surface area contributed by atoms with Crippen molar-refractivity contribution in [1.82, 2.24) is 14.5 Å². The normalized spacial score (nSPS) is 13.8. The van der Waals surface area contributed by atoms with Crippen molar-refractivity contribution in [2.45, 2.75) is 0 Å². The minimum atomic E-state index is -0.261. The van der Waals surface area contributed by atoms with Crippen molar-refractivity contribution in [2.24, 2.45) is 0 Å². The monoisotopic (exact) mass is 479 g/mol. The number of halogens is 1. The van der Waals surface area contributed by atoms with Gasteiger partial charge in [0.25, 0.3) is 0 Å². The number of hydrogen-bond donors (Lipinski definition) is 0. The van der Waals surface area contributed by atoms with Crippen LogP contribution in [-0.4, -0.2) is 47.8 Å². The summed E-state index contributed by atoms with van der Waals surface area (Å²) in [6.07, 6.45) is 3.71. The second kappa shape index (κ2) is 9.34. The van der Waals surface area contributed by atoms with Gasteiger partial charge in [-0.05, 0) is 42.0 Å². The molecule has 5 aromatic rings. The van der Waals surface area contributed by atoms with Crippen LogP contribution in [0.25, 0.3) is 27.8 Å². The van der Waals surface area contributed by atoms with Crippen LogP contribution in [0.1, 0.15) is 0 Å². The summed E-state index contributed by atoms with van der Waals surface area (Å²) in [5.41, 5.74) is 4.97. The molecule has 1 saturated heterocycles. The van der Waals surface area contributed by atoms with E-state index in [1.54, 1.807) is 25.6 Å². The van der Waals surface area contributed by atoms with Gasteiger partial charge in [-0.2, -0.15) is 0 Å². The Kier molecular flexibility index (Phi) is 5.73. The van der Waals surface area contributed by atoms with Gasteiger partial charge in [0.1, 0.15) is 23.7 Å². The fourth-order valence-electron chi connectivity index (χ4n) is 4.90. The van der Waals surface area contributed by atoms with Crippen molar-refractivity contribution in [3.63, 3.8) is 0 Å². The smallest absolute Gasteiger partial charge is 0.150 e. The Morgan fingerprint density at radius 3 is 2.28 bits per heavy atom. The zero-order chi connectivity index (χ0) is 24.5. The molecule has 0 radical (unpaired) electrons. The van der Waals surface area contributed by atoms with E-state index in [1.807, 2.05) is 34.9 Å². The SMILES string of the molecule is COc1cccc(N2CCN(c3ncnc4c3c(-c3ccccc3)cn4-c3ccc(F)cc3)CC2)c1. The van der Waals surface area contributed by atoms with Gasteiger partial charge in [-0.15, -0.1) is 0 Å². The summed E-state index contributed by atoms with van der Waals surface area (Å²) in [6.45, 7) is 3.41. The Labute approximate surface area is 209 Å². The quantitative estimate of drug-likeness (QED) is 0.330. The van der Waals surface area contributed by atoms with Gasteiger partial charge >= 0.3 is 0 Å². The van der Waals surface area contributed by atoms with Gasteiger partial charge in [0.05, 0.1) is 12.5 Å². The Morgan fingerprint density at radius 2 is 1.53 bits per heavy atom. The predicted molar refractivity (Wildman–Crippen MR) is 142 cm³/mol. The van der Waals surface area contributed by atoms with Crippen LogP contribution in [0.4, 0.5) is 15.9 Å². The second-order valence-corrected chi connectivity index (χ2v) is 8.83. The lowest BCUT2D eigenvalue weighted by Gasteiger charge is -2.37. The van der Waals surface area contributed by atoms with Crippen molar-refractivity contribution in [1.29, 1.82) is 0 Å². The summed E-state index contributed by atoms with van der Waals surface area (Å²) < 4.78 is 21.1. The van der Waals surface area contributed by atoms with Gasteiger partial charge in [-0.25, -0.2) is 14.4 Å². The van der Waals surface area contributed by atoms with Gasteiger partial charge in [-0.1, -0.05) is 36.4 Å². The molecule has 3 heterocycles. The lowest BCUT2D eigenvalue weighted by atomic mass is 10.1. The third kappa shape index (κ3) is 4.02. The van der Waals surface area contributed by atoms with Crippen LogP contribution >= 0.6 is 0 Å². The number of hydrogen-bond acceptors (Lipinski definition) is 5. The summed E-state index contributed by atoms with van der Waals surface area (Å²) in [4.78, 5) is 14.1. The number of aromatic nitrogens is 3. The minimum absolute atomic E-state index is 0.261. The molecule has 0 N–H and O–H groups in total. The molecule has 0 unspecified atom stereocenters. The molecule has 0 amide bonds. The first-order chi connectivity index (χ1) is 17.7. The molecule has 0 spiro atoms. The van der Waals surface area contributed by atoms with Crippen molar-refractivity contribution in [2.75, 3.05) is 43.1 Å². The van der Waals surface area contributed by atoms with Gasteiger partial charge in [-0.3, -0.25) is 0 Å². The van der Waals surface area contributed by atoms with Crippen LogP contribution in [0.2, 0.25) is 0 Å². The maximum atomic E-state index is 13.6. The molecule has 7 heteroatoms. The minimum Gasteiger partial charge on any atom is -0.497 e. The standard InChI is InChI=1S/C29H26FN5O/c1-36-25-9-5-8-24(18-25)33-14-16-34(17-15-33)28-27-26(21-6-3-2-4-7-21)19-35(29(27)32-20-31-28)23-12-10-22(30)11-13-23/h2-13,18-20H,14-17H2,1H3. The molecule has 0 aliphatic carbocycles. The van der Waals surface area contributed by atoms with Crippen LogP contribution in [0.5, 0.6) is 5.75 Å². The van der Waals surface area contributed by atoms with Gasteiger partial charge in [0.2, 0.25) is 0 Å². The van der Waals surface area contributed by atoms with Gasteiger partial charge < -0.3 is 19.1 Å². The first-order valence-electron chi connectivity index (χ1n) is 12.0. The maximum absolute atomic E-state index is 13.6. The number of benzene rings is 3. The lowest BCUT2D eigenvalue weighted by Crippen LogP contribution is -2.46. The molecule has 0 saturated carbocycles. The summed E-state index contributed by atoms with van der Waals surface area (Å²) in [5.74, 6) is 1.52. The Balaban J connectivity index is 1.40. The summed E-state index contributed by atoms with van der Waals surface area (Å²) in [5, 5.41) is 1.00. The van der Waals surface area contributed by atoms with E-state index in [-0.39, 0.29) is 5.82 Å². The highest BCUT2D eigenvalue weighted by Gasteiger charge is 2.24. The summed E-state index contributed by atoms with van der Waals surface area (Å²) >= 11 is 0. The molecule has 6 nitrogen and oxygen atoms in total. The number of rotatable bonds is 5. The van der Waals surface area contributed by atoms with Gasteiger partial charge in [0.15, 0.2) is 5.65 Å². The fourth-order valence-corrected chi connectivity index (χ4v) is 4.90. The molecule has 2 aromatic heterocycles. The molecule has 0 atom stereocenters. The largest absolute Gasteiger partial charge is 0.497 e. The first-order valence-corrected chi connectivity index (χ1v) is 12.0. The van der Waals surface area contributed by atoms with E-state index in [0.717, 1.165) is 71.3 Å². The molecule has 1 aliphatic heterocycles. The lowest BCUT2D eigenvalue weighted by molar-refractivity contribution is 0.414. The van der Waals surface area contributed by atoms with Crippen molar-refractivity contribution < 1.29 is 9.13 Å². The highest BCUT2D eigenvalue weighted by molar-refractivity contribution is 6.02. The number of nitrogens with zero attached hydrogens (tertiary/aromatic N) is 5. The number of fused-ring (bicyclic) bond motifs is 1. The van der Waals surface area contributed by atoms with Crippen LogP contribution in [0.15, 0.2) is 91.4 Å². The van der Waals surface area contributed by atoms with E-state index in [2.05, 4.69) is 45.2 Å². The summed E-state index contributed by atoms with van der Waals surface area (Å²) in [6, 6.07) is 25.0. The highest BCUT2D eigenvalue weighted by atomic mass is 19.1. The van der Waals surface area contributed by atoms with Crippen LogP contribution in [0.3, 0.4) is 0 Å². The topological polar surface area (TPSA) is 46.4 Å². The molecule has 36 heavy (non-hydrogen) atoms. The Morgan fingerprint density at radius 1 is 0.778 bits per heavy atom. The average molecular weight is 480 g/mol. The van der Waals surface area contributed by atoms with Crippen molar-refractivity contribution in [3.05, 3.63) is 97.2 Å². The number of ether oxygens (including phenoxy) is 1. The van der Waals surface area contributed by atoms with E-state index in [4.69, 9.17) is 9.72 Å². The molecular weight excluding hydrogens is 453 g/mol. The average Bonchev–Trinajstić information content (AvgIpc) is 3.34. The van der Waals surface area contributed by atoms with E-state index in [9.17, 15) is 4.39 Å². The number of methoxy groups -OCH3 is 1. The molecule has 6 rings (SSSR count). The Hall–Kier alpha value is -4.39. The third-order valence-corrected chi connectivity index (χ3v) is 6.75. The predicted octanol–water partition coefficient (Wildman–Crippen LogP) is 5.56. The van der Waals surface area contributed by atoms with Crippen molar-refractivity contribution >= 4 is 22.5 Å². The molecular formula is C29H26FN5O. The fraction of sp³-hybridized carbons (Fsp3) is 0.172. The highest BCUT2D eigenvalue weighted by Crippen LogP contribution is 2.37. The van der Waals surface area contributed by atoms with Crippen LogP contribution in [-0.2, 0) is 0 Å². The molecule has 1 aliphatic rings. The molecule has 1 fully saturated rings. The van der Waals surface area contributed by atoms with E-state index < -0.39 is 0 Å². The molecule has 3 aromatic carbocycles. The second-order valence-electron chi connectivity index (χ2n) is 8.83. The molecule has 0 bridgehead atoms. The first kappa shape index (κ1) is 22.1. The van der Waals surface area contributed by atoms with E-state index >= 15 is 0 Å². The van der Waals surface area contributed by atoms with E-state index in [1.165, 1.54) is 12.1 Å². The number of piperazine rings is 1. The summed E-state index contributed by atoms with van der Waals surface area (Å²) in [7, 11) is 1.69. The van der Waals surface area contributed by atoms with Crippen LogP contribution in [0, 0.1) is 5.82 Å².